The fourth-order valence-corrected chi connectivity index (χ4v) is 4.83. The minimum Gasteiger partial charge on any atom is -0.545 e. The summed E-state index contributed by atoms with van der Waals surface area (Å²) in [5, 5.41) is 43.0. The number of rotatable bonds is 14. The second kappa shape index (κ2) is 17.8. The van der Waals surface area contributed by atoms with Gasteiger partial charge in [0.25, 0.3) is 0 Å². The van der Waals surface area contributed by atoms with Crippen molar-refractivity contribution in [3.8, 4) is 11.5 Å². The quantitative estimate of drug-likeness (QED) is 0.217. The van der Waals surface area contributed by atoms with E-state index < -0.39 is 11.9 Å². The Bertz CT molecular complexity index is 1100. The van der Waals surface area contributed by atoms with Crippen LogP contribution in [0, 0.1) is 11.8 Å². The molecule has 0 heterocycles. The molecule has 0 spiro atoms. The standard InChI is InChI=1S/2C18H28O3.Zn/c2*1-6-18(4,5)15-11-13(9-7-8-12(2)3)10-14(16(15)19)17(20)21;/h2*10-12,19H,6-9H2,1-5H3,(H,20,21);/q;;+2/p-2. The Balaban J connectivity index is 0.000000802. The van der Waals surface area contributed by atoms with E-state index in [1.165, 1.54) is 0 Å². The molecule has 43 heavy (non-hydrogen) atoms. The molecule has 0 aliphatic carbocycles. The van der Waals surface area contributed by atoms with Crippen LogP contribution in [0.25, 0.3) is 0 Å². The van der Waals surface area contributed by atoms with E-state index in [-0.39, 0.29) is 52.9 Å². The monoisotopic (exact) mass is 646 g/mol. The molecule has 0 radical (unpaired) electrons. The second-order valence-corrected chi connectivity index (χ2v) is 13.7. The maximum absolute atomic E-state index is 11.3. The first kappa shape index (κ1) is 40.6. The number of hydrogen-bond acceptors (Lipinski definition) is 6. The van der Waals surface area contributed by atoms with Gasteiger partial charge in [0.15, 0.2) is 0 Å². The summed E-state index contributed by atoms with van der Waals surface area (Å²) in [6, 6.07) is 7.01. The van der Waals surface area contributed by atoms with Gasteiger partial charge in [0.05, 0.1) is 11.9 Å². The van der Waals surface area contributed by atoms with Gasteiger partial charge in [-0.25, -0.2) is 0 Å². The van der Waals surface area contributed by atoms with Crippen LogP contribution in [0.1, 0.15) is 151 Å². The third kappa shape index (κ3) is 12.3. The Morgan fingerprint density at radius 1 is 0.674 bits per heavy atom. The van der Waals surface area contributed by atoms with Gasteiger partial charge in [-0.05, 0) is 84.5 Å². The number of carbonyl (C=O) groups excluding carboxylic acids is 2. The second-order valence-electron chi connectivity index (χ2n) is 13.7. The van der Waals surface area contributed by atoms with E-state index >= 15 is 0 Å². The maximum atomic E-state index is 11.3. The molecule has 0 amide bonds. The average molecular weight is 648 g/mol. The Labute approximate surface area is 273 Å². The van der Waals surface area contributed by atoms with Crippen LogP contribution in [-0.4, -0.2) is 22.2 Å². The van der Waals surface area contributed by atoms with Crippen molar-refractivity contribution in [2.24, 2.45) is 11.8 Å². The predicted molar refractivity (Wildman–Crippen MR) is 167 cm³/mol. The van der Waals surface area contributed by atoms with Crippen LogP contribution in [0.3, 0.4) is 0 Å². The summed E-state index contributed by atoms with van der Waals surface area (Å²) in [5.74, 6) is -1.65. The third-order valence-electron chi connectivity index (χ3n) is 8.50. The zero-order chi connectivity index (χ0) is 32.4. The molecule has 0 atom stereocenters. The van der Waals surface area contributed by atoms with Crippen LogP contribution in [0.2, 0.25) is 0 Å². The molecule has 0 saturated carbocycles. The molecule has 0 aromatic heterocycles. The Morgan fingerprint density at radius 3 is 1.21 bits per heavy atom. The van der Waals surface area contributed by atoms with Crippen molar-refractivity contribution in [2.75, 3.05) is 0 Å². The summed E-state index contributed by atoms with van der Waals surface area (Å²) >= 11 is 0. The fraction of sp³-hybridized carbons (Fsp3) is 0.611. The van der Waals surface area contributed by atoms with Crippen molar-refractivity contribution in [2.45, 2.75) is 131 Å². The average Bonchev–Trinajstić information content (AvgIpc) is 2.89. The van der Waals surface area contributed by atoms with E-state index in [9.17, 15) is 30.0 Å². The first-order chi connectivity index (χ1) is 19.4. The first-order valence-electron chi connectivity index (χ1n) is 15.5. The molecule has 2 aromatic carbocycles. The number of benzene rings is 2. The SMILES string of the molecule is CCC(C)(C)c1cc(CCCC(C)C)cc(C(=O)[O-])c1O.CCC(C)(C)c1cc(CCCC(C)C)cc(C(=O)[O-])c1O.[Zn+2]. The van der Waals surface area contributed by atoms with Gasteiger partial charge in [-0.1, -0.05) is 94.2 Å². The Kier molecular flexibility index (Phi) is 16.8. The summed E-state index contributed by atoms with van der Waals surface area (Å²) in [6.07, 6.45) is 7.53. The van der Waals surface area contributed by atoms with Crippen LogP contribution in [0.5, 0.6) is 11.5 Å². The predicted octanol–water partition coefficient (Wildman–Crippen LogP) is 6.84. The number of carbonyl (C=O) groups is 2. The number of aromatic carboxylic acids is 2. The molecule has 7 heteroatoms. The Morgan fingerprint density at radius 2 is 0.977 bits per heavy atom. The molecule has 2 rings (SSSR count). The van der Waals surface area contributed by atoms with Gasteiger partial charge in [-0.2, -0.15) is 0 Å². The molecule has 2 N–H and O–H groups in total. The minimum absolute atomic E-state index is 0. The van der Waals surface area contributed by atoms with Crippen molar-refractivity contribution in [1.82, 2.24) is 0 Å². The molecule has 6 nitrogen and oxygen atoms in total. The number of aromatic hydroxyl groups is 2. The van der Waals surface area contributed by atoms with E-state index in [0.717, 1.165) is 62.5 Å². The molecule has 0 fully saturated rings. The van der Waals surface area contributed by atoms with E-state index in [4.69, 9.17) is 0 Å². The molecular formula is C36H54O6Zn. The number of carboxylic acids is 2. The van der Waals surface area contributed by atoms with Gasteiger partial charge in [0, 0.05) is 22.3 Å². The molecule has 0 aliphatic heterocycles. The number of hydrogen-bond donors (Lipinski definition) is 2. The summed E-state index contributed by atoms with van der Waals surface area (Å²) in [5.41, 5.74) is 2.62. The van der Waals surface area contributed by atoms with E-state index in [1.807, 2.05) is 53.7 Å². The summed E-state index contributed by atoms with van der Waals surface area (Å²) in [6.45, 7) is 20.8. The molecule has 2 aromatic rings. The van der Waals surface area contributed by atoms with E-state index in [1.54, 1.807) is 12.1 Å². The van der Waals surface area contributed by atoms with Crippen molar-refractivity contribution in [3.05, 3.63) is 57.6 Å². The number of carboxylic acid groups (broad SMARTS) is 2. The number of aryl methyl sites for hydroxylation is 2. The largest absolute Gasteiger partial charge is 2.00 e. The van der Waals surface area contributed by atoms with Crippen molar-refractivity contribution < 1.29 is 49.5 Å². The molecule has 0 unspecified atom stereocenters. The van der Waals surface area contributed by atoms with Gasteiger partial charge in [-0.3, -0.25) is 0 Å². The normalized spacial score (nSPS) is 11.6. The van der Waals surface area contributed by atoms with E-state index in [2.05, 4.69) is 27.7 Å². The van der Waals surface area contributed by atoms with Crippen LogP contribution >= 0.6 is 0 Å². The summed E-state index contributed by atoms with van der Waals surface area (Å²) in [7, 11) is 0. The molecule has 236 valence electrons. The van der Waals surface area contributed by atoms with Crippen LogP contribution in [0.15, 0.2) is 24.3 Å². The molecule has 0 aliphatic rings. The van der Waals surface area contributed by atoms with Crippen LogP contribution in [0.4, 0.5) is 0 Å². The van der Waals surface area contributed by atoms with Gasteiger partial charge in [0.1, 0.15) is 11.5 Å². The van der Waals surface area contributed by atoms with Gasteiger partial charge in [0.2, 0.25) is 0 Å². The molecule has 0 saturated heterocycles. The third-order valence-corrected chi connectivity index (χ3v) is 8.50. The Hall–Kier alpha value is -2.40. The maximum Gasteiger partial charge on any atom is 2.00 e. The number of phenols is 2. The van der Waals surface area contributed by atoms with Crippen LogP contribution in [-0.2, 0) is 43.1 Å². The van der Waals surface area contributed by atoms with Crippen molar-refractivity contribution in [3.63, 3.8) is 0 Å². The minimum atomic E-state index is -1.31. The van der Waals surface area contributed by atoms with Gasteiger partial charge in [-0.15, -0.1) is 0 Å². The van der Waals surface area contributed by atoms with Crippen LogP contribution < -0.4 is 10.2 Å². The smallest absolute Gasteiger partial charge is 0.545 e. The van der Waals surface area contributed by atoms with Crippen molar-refractivity contribution in [1.29, 1.82) is 0 Å². The summed E-state index contributed by atoms with van der Waals surface area (Å²) < 4.78 is 0. The van der Waals surface area contributed by atoms with Gasteiger partial charge < -0.3 is 30.0 Å². The zero-order valence-electron chi connectivity index (χ0n) is 28.4. The zero-order valence-corrected chi connectivity index (χ0v) is 31.3. The fourth-order valence-electron chi connectivity index (χ4n) is 4.83. The molecular weight excluding hydrogens is 594 g/mol. The van der Waals surface area contributed by atoms with E-state index in [0.29, 0.717) is 23.0 Å². The van der Waals surface area contributed by atoms with Crippen molar-refractivity contribution >= 4 is 11.9 Å². The summed E-state index contributed by atoms with van der Waals surface area (Å²) in [4.78, 5) is 22.5. The molecule has 0 bridgehead atoms. The first-order valence-corrected chi connectivity index (χ1v) is 15.5. The topological polar surface area (TPSA) is 121 Å². The van der Waals surface area contributed by atoms with Gasteiger partial charge >= 0.3 is 19.5 Å².